The minimum Gasteiger partial charge on any atom is -0.366 e. The first kappa shape index (κ1) is 8.20. The maximum atomic E-state index is 12.7. The van der Waals surface area contributed by atoms with Crippen LogP contribution in [0.1, 0.15) is 10.4 Å². The SMILES string of the molecule is NC(=O)c1cccc(F)c1Br. The summed E-state index contributed by atoms with van der Waals surface area (Å²) in [6.07, 6.45) is 0. The van der Waals surface area contributed by atoms with Crippen LogP contribution in [0.4, 0.5) is 4.39 Å². The Morgan fingerprint density at radius 3 is 2.64 bits per heavy atom. The van der Waals surface area contributed by atoms with Crippen LogP contribution in [0.2, 0.25) is 0 Å². The zero-order valence-corrected chi connectivity index (χ0v) is 7.06. The lowest BCUT2D eigenvalue weighted by molar-refractivity contribution is 0.0999. The fourth-order valence-electron chi connectivity index (χ4n) is 0.694. The molecule has 11 heavy (non-hydrogen) atoms. The summed E-state index contributed by atoms with van der Waals surface area (Å²) in [7, 11) is 0. The van der Waals surface area contributed by atoms with Gasteiger partial charge in [0.1, 0.15) is 5.82 Å². The molecule has 0 atom stereocenters. The van der Waals surface area contributed by atoms with Gasteiger partial charge in [-0.2, -0.15) is 0 Å². The Bertz CT molecular complexity index is 300. The van der Waals surface area contributed by atoms with Gasteiger partial charge in [0.05, 0.1) is 10.0 Å². The molecule has 0 aliphatic heterocycles. The van der Waals surface area contributed by atoms with Gasteiger partial charge >= 0.3 is 0 Å². The van der Waals surface area contributed by atoms with Crippen LogP contribution in [0.5, 0.6) is 0 Å². The largest absolute Gasteiger partial charge is 0.366 e. The highest BCUT2D eigenvalue weighted by Gasteiger charge is 2.08. The number of carbonyl (C=O) groups excluding carboxylic acids is 1. The summed E-state index contributed by atoms with van der Waals surface area (Å²) >= 11 is 2.90. The summed E-state index contributed by atoms with van der Waals surface area (Å²) in [6, 6.07) is 4.13. The second-order valence-electron chi connectivity index (χ2n) is 1.97. The molecule has 0 aromatic heterocycles. The Morgan fingerprint density at radius 2 is 2.18 bits per heavy atom. The van der Waals surface area contributed by atoms with Crippen molar-refractivity contribution in [2.24, 2.45) is 5.73 Å². The van der Waals surface area contributed by atoms with Gasteiger partial charge in [0, 0.05) is 0 Å². The Labute approximate surface area is 71.3 Å². The lowest BCUT2D eigenvalue weighted by atomic mass is 10.2. The second-order valence-corrected chi connectivity index (χ2v) is 2.76. The topological polar surface area (TPSA) is 43.1 Å². The van der Waals surface area contributed by atoms with Gasteiger partial charge < -0.3 is 5.73 Å². The van der Waals surface area contributed by atoms with E-state index >= 15 is 0 Å². The smallest absolute Gasteiger partial charge is 0.249 e. The molecule has 1 aromatic rings. The average Bonchev–Trinajstić information content (AvgIpc) is 1.94. The number of carbonyl (C=O) groups is 1. The van der Waals surface area contributed by atoms with Crippen molar-refractivity contribution in [3.05, 3.63) is 34.1 Å². The van der Waals surface area contributed by atoms with Crippen LogP contribution in [-0.2, 0) is 0 Å². The summed E-state index contributed by atoms with van der Waals surface area (Å²) in [5.41, 5.74) is 5.11. The van der Waals surface area contributed by atoms with Crippen molar-refractivity contribution in [3.63, 3.8) is 0 Å². The Balaban J connectivity index is 3.27. The van der Waals surface area contributed by atoms with Crippen molar-refractivity contribution in [3.8, 4) is 0 Å². The molecule has 58 valence electrons. The van der Waals surface area contributed by atoms with E-state index in [2.05, 4.69) is 15.9 Å². The van der Waals surface area contributed by atoms with E-state index in [1.54, 1.807) is 0 Å². The monoisotopic (exact) mass is 217 g/mol. The quantitative estimate of drug-likeness (QED) is 0.765. The molecule has 4 heteroatoms. The van der Waals surface area contributed by atoms with E-state index < -0.39 is 11.7 Å². The van der Waals surface area contributed by atoms with Gasteiger partial charge in [0.15, 0.2) is 0 Å². The molecule has 0 aliphatic rings. The summed E-state index contributed by atoms with van der Waals surface area (Å²) in [4.78, 5) is 10.6. The number of benzene rings is 1. The molecular formula is C7H5BrFNO. The molecule has 1 amide bonds. The van der Waals surface area contributed by atoms with E-state index in [1.807, 2.05) is 0 Å². The third-order valence-corrected chi connectivity index (χ3v) is 2.02. The fraction of sp³-hybridized carbons (Fsp3) is 0. The maximum Gasteiger partial charge on any atom is 0.249 e. The van der Waals surface area contributed by atoms with E-state index in [-0.39, 0.29) is 10.0 Å². The first-order valence-electron chi connectivity index (χ1n) is 2.86. The van der Waals surface area contributed by atoms with Crippen molar-refractivity contribution in [2.45, 2.75) is 0 Å². The normalized spacial score (nSPS) is 9.64. The molecule has 0 unspecified atom stereocenters. The summed E-state index contributed by atoms with van der Waals surface area (Å²) in [5.74, 6) is -1.13. The van der Waals surface area contributed by atoms with Gasteiger partial charge in [-0.15, -0.1) is 0 Å². The van der Waals surface area contributed by atoms with Crippen LogP contribution < -0.4 is 5.73 Å². The number of hydrogen-bond donors (Lipinski definition) is 1. The van der Waals surface area contributed by atoms with Crippen LogP contribution in [0.25, 0.3) is 0 Å². The van der Waals surface area contributed by atoms with Crippen LogP contribution >= 0.6 is 15.9 Å². The fourth-order valence-corrected chi connectivity index (χ4v) is 1.15. The molecule has 0 bridgehead atoms. The Morgan fingerprint density at radius 1 is 1.55 bits per heavy atom. The molecule has 2 nitrogen and oxygen atoms in total. The molecule has 1 rings (SSSR count). The predicted octanol–water partition coefficient (Wildman–Crippen LogP) is 1.69. The molecule has 0 fully saturated rings. The number of rotatable bonds is 1. The molecular weight excluding hydrogens is 213 g/mol. The van der Waals surface area contributed by atoms with Crippen LogP contribution in [0, 0.1) is 5.82 Å². The number of halogens is 2. The molecule has 0 radical (unpaired) electrons. The molecule has 0 saturated carbocycles. The van der Waals surface area contributed by atoms with Gasteiger partial charge in [0.25, 0.3) is 0 Å². The highest BCUT2D eigenvalue weighted by atomic mass is 79.9. The van der Waals surface area contributed by atoms with E-state index in [0.29, 0.717) is 0 Å². The first-order chi connectivity index (χ1) is 5.13. The molecule has 0 spiro atoms. The van der Waals surface area contributed by atoms with E-state index in [4.69, 9.17) is 5.73 Å². The molecule has 2 N–H and O–H groups in total. The van der Waals surface area contributed by atoms with Crippen molar-refractivity contribution in [1.82, 2.24) is 0 Å². The van der Waals surface area contributed by atoms with E-state index in [9.17, 15) is 9.18 Å². The third kappa shape index (κ3) is 1.57. The molecule has 1 aromatic carbocycles. The van der Waals surface area contributed by atoms with Gasteiger partial charge in [-0.25, -0.2) is 4.39 Å². The van der Waals surface area contributed by atoms with Crippen molar-refractivity contribution < 1.29 is 9.18 Å². The predicted molar refractivity (Wildman–Crippen MR) is 42.6 cm³/mol. The molecule has 0 heterocycles. The maximum absolute atomic E-state index is 12.7. The van der Waals surface area contributed by atoms with E-state index in [1.165, 1.54) is 18.2 Å². The minimum atomic E-state index is -0.642. The average molecular weight is 218 g/mol. The summed E-state index contributed by atoms with van der Waals surface area (Å²) in [5, 5.41) is 0. The van der Waals surface area contributed by atoms with Gasteiger partial charge in [-0.3, -0.25) is 4.79 Å². The third-order valence-electron chi connectivity index (χ3n) is 1.22. The van der Waals surface area contributed by atoms with E-state index in [0.717, 1.165) is 0 Å². The molecule has 0 aliphatic carbocycles. The zero-order valence-electron chi connectivity index (χ0n) is 5.47. The van der Waals surface area contributed by atoms with Crippen LogP contribution in [0.15, 0.2) is 22.7 Å². The van der Waals surface area contributed by atoms with Crippen molar-refractivity contribution in [1.29, 1.82) is 0 Å². The lowest BCUT2D eigenvalue weighted by Crippen LogP contribution is -2.11. The van der Waals surface area contributed by atoms with Gasteiger partial charge in [-0.1, -0.05) is 6.07 Å². The van der Waals surface area contributed by atoms with Crippen LogP contribution in [-0.4, -0.2) is 5.91 Å². The Kier molecular flexibility index (Phi) is 2.24. The summed E-state index contributed by atoms with van der Waals surface area (Å²) in [6.45, 7) is 0. The Hall–Kier alpha value is -0.900. The van der Waals surface area contributed by atoms with Gasteiger partial charge in [0.2, 0.25) is 5.91 Å². The number of amides is 1. The minimum absolute atomic E-state index is 0.118. The summed E-state index contributed by atoms with van der Waals surface area (Å²) < 4.78 is 12.8. The number of nitrogens with two attached hydrogens (primary N) is 1. The van der Waals surface area contributed by atoms with Gasteiger partial charge in [-0.05, 0) is 28.1 Å². The second kappa shape index (κ2) is 3.00. The molecule has 0 saturated heterocycles. The highest BCUT2D eigenvalue weighted by Crippen LogP contribution is 2.19. The highest BCUT2D eigenvalue weighted by molar-refractivity contribution is 9.10. The zero-order chi connectivity index (χ0) is 8.43. The van der Waals surface area contributed by atoms with Crippen LogP contribution in [0.3, 0.4) is 0 Å². The van der Waals surface area contributed by atoms with Crippen molar-refractivity contribution >= 4 is 21.8 Å². The first-order valence-corrected chi connectivity index (χ1v) is 3.66. The lowest BCUT2D eigenvalue weighted by Gasteiger charge is -1.98. The van der Waals surface area contributed by atoms with Crippen molar-refractivity contribution in [2.75, 3.05) is 0 Å². The standard InChI is InChI=1S/C7H5BrFNO/c8-6-4(7(10)11)2-1-3-5(6)9/h1-3H,(H2,10,11). The number of primary amides is 1. The number of hydrogen-bond acceptors (Lipinski definition) is 1.